The summed E-state index contributed by atoms with van der Waals surface area (Å²) in [5.41, 5.74) is 12.5. The van der Waals surface area contributed by atoms with Gasteiger partial charge in [-0.1, -0.05) is 38.2 Å². The van der Waals surface area contributed by atoms with Crippen molar-refractivity contribution >= 4 is 35.5 Å². The lowest BCUT2D eigenvalue weighted by Crippen LogP contribution is -2.43. The highest BCUT2D eigenvalue weighted by molar-refractivity contribution is 6.23. The monoisotopic (exact) mass is 784 g/mol. The standard InChI is InChI=1S/C35H50N4O9.C2HF3O2/c1-20-16-24-30(39-14-9-15-39)26(40)19-25(31(24)42)38-34(43)21(2)10-7-11-27(45-5)32(48-35(37)44)22(3)18-23(4)33(28(17-20)46-6)47-29(41)12-8-13-36;3-2(4,5)1(6)7/h7,10-11,18-20,23,27-28,32-33H,8-9,12-17,36H2,1-6H3,(H2,37,44)(H,38,43);(H,6,7)/b11-7-,21-10+,22-18+;/t20-,23+,27+,28+,32+,33-;/m1./s1. The molecule has 6 atom stereocenters. The van der Waals surface area contributed by atoms with E-state index in [1.54, 1.807) is 26.0 Å². The maximum Gasteiger partial charge on any atom is 0.490 e. The number of nitrogens with one attached hydrogen (secondary N) is 1. The number of amides is 2. The first-order valence-electron chi connectivity index (χ1n) is 17.6. The maximum absolute atomic E-state index is 13.9. The number of alkyl halides is 3. The Morgan fingerprint density at radius 3 is 2.20 bits per heavy atom. The molecule has 2 aliphatic heterocycles. The third-order valence-electron chi connectivity index (χ3n) is 9.00. The average molecular weight is 785 g/mol. The van der Waals surface area contributed by atoms with Crippen molar-refractivity contribution < 1.29 is 66.0 Å². The Balaban J connectivity index is 0.00000136. The summed E-state index contributed by atoms with van der Waals surface area (Å²) in [5.74, 6) is -5.19. The molecule has 0 aromatic heterocycles. The van der Waals surface area contributed by atoms with Gasteiger partial charge in [-0.3, -0.25) is 19.2 Å². The highest BCUT2D eigenvalue weighted by atomic mass is 19.4. The molecule has 2 heterocycles. The van der Waals surface area contributed by atoms with Gasteiger partial charge in [-0.25, -0.2) is 9.59 Å². The zero-order valence-electron chi connectivity index (χ0n) is 31.8. The van der Waals surface area contributed by atoms with Crippen LogP contribution < -0.4 is 16.8 Å². The second-order valence-corrected chi connectivity index (χ2v) is 13.4. The zero-order chi connectivity index (χ0) is 41.6. The minimum Gasteiger partial charge on any atom is -0.475 e. The van der Waals surface area contributed by atoms with E-state index in [0.29, 0.717) is 49.3 Å². The molecule has 55 heavy (non-hydrogen) atoms. The van der Waals surface area contributed by atoms with Crippen LogP contribution in [0.4, 0.5) is 18.0 Å². The van der Waals surface area contributed by atoms with Gasteiger partial charge in [0, 0.05) is 56.9 Å². The van der Waals surface area contributed by atoms with E-state index in [1.165, 1.54) is 26.4 Å². The van der Waals surface area contributed by atoms with E-state index in [9.17, 15) is 37.1 Å². The number of carboxylic acid groups (broad SMARTS) is 1. The van der Waals surface area contributed by atoms with E-state index in [-0.39, 0.29) is 35.8 Å². The number of hydrogen-bond acceptors (Lipinski definition) is 12. The number of halogens is 3. The number of nitrogens with zero attached hydrogens (tertiary/aromatic N) is 1. The number of likely N-dealkylation sites (tertiary alicyclic amines) is 1. The maximum atomic E-state index is 13.9. The summed E-state index contributed by atoms with van der Waals surface area (Å²) in [5, 5.41) is 9.75. The first-order chi connectivity index (χ1) is 25.7. The number of methoxy groups -OCH3 is 2. The van der Waals surface area contributed by atoms with E-state index in [0.717, 1.165) is 6.42 Å². The molecule has 0 unspecified atom stereocenters. The van der Waals surface area contributed by atoms with Gasteiger partial charge in [0.05, 0.1) is 17.5 Å². The average Bonchev–Trinajstić information content (AvgIpc) is 3.08. The summed E-state index contributed by atoms with van der Waals surface area (Å²) in [6, 6.07) is 0. The summed E-state index contributed by atoms with van der Waals surface area (Å²) in [7, 11) is 2.96. The second-order valence-electron chi connectivity index (χ2n) is 13.4. The predicted molar refractivity (Wildman–Crippen MR) is 192 cm³/mol. The van der Waals surface area contributed by atoms with Gasteiger partial charge in [0.1, 0.15) is 12.2 Å². The van der Waals surface area contributed by atoms with Gasteiger partial charge in [0.15, 0.2) is 6.10 Å². The Morgan fingerprint density at radius 2 is 1.69 bits per heavy atom. The van der Waals surface area contributed by atoms with Crippen LogP contribution in [-0.2, 0) is 42.9 Å². The smallest absolute Gasteiger partial charge is 0.475 e. The number of Topliss-reactive ketones (excluding diaryl/α,β-unsaturated/α-hetero) is 1. The van der Waals surface area contributed by atoms with Crippen LogP contribution in [0.2, 0.25) is 0 Å². The van der Waals surface area contributed by atoms with Crippen molar-refractivity contribution in [2.75, 3.05) is 33.9 Å². The summed E-state index contributed by atoms with van der Waals surface area (Å²) >= 11 is 0. The fourth-order valence-corrected chi connectivity index (χ4v) is 6.08. The summed E-state index contributed by atoms with van der Waals surface area (Å²) in [6.07, 6.45) is 0.461. The molecular weight excluding hydrogens is 733 g/mol. The number of nitrogens with two attached hydrogens (primary N) is 2. The largest absolute Gasteiger partial charge is 0.490 e. The number of esters is 1. The fourth-order valence-electron chi connectivity index (χ4n) is 6.08. The lowest BCUT2D eigenvalue weighted by atomic mass is 9.84. The number of rotatable bonds is 8. The first kappa shape index (κ1) is 46.3. The van der Waals surface area contributed by atoms with E-state index < -0.39 is 66.2 Å². The number of carbonyl (C=O) groups is 6. The number of carbonyl (C=O) groups excluding carboxylic acids is 5. The summed E-state index contributed by atoms with van der Waals surface area (Å²) in [4.78, 5) is 76.1. The number of allylic oxidation sites excluding steroid dienone is 4. The molecule has 306 valence electrons. The van der Waals surface area contributed by atoms with Crippen LogP contribution in [0.3, 0.4) is 0 Å². The van der Waals surface area contributed by atoms with Crippen LogP contribution in [-0.4, -0.2) is 110 Å². The number of aliphatic carboxylic acids is 1. The van der Waals surface area contributed by atoms with Gasteiger partial charge >= 0.3 is 24.2 Å². The van der Waals surface area contributed by atoms with Crippen LogP contribution in [0, 0.1) is 11.8 Å². The van der Waals surface area contributed by atoms with Crippen molar-refractivity contribution in [3.8, 4) is 0 Å². The number of hydrogen-bond donors (Lipinski definition) is 4. The van der Waals surface area contributed by atoms with Gasteiger partial charge < -0.3 is 45.7 Å². The minimum atomic E-state index is -5.08. The van der Waals surface area contributed by atoms with E-state index in [2.05, 4.69) is 5.32 Å². The molecule has 15 nitrogen and oxygen atoms in total. The number of primary amides is 1. The molecule has 18 heteroatoms. The van der Waals surface area contributed by atoms with Crippen molar-refractivity contribution in [1.82, 2.24) is 10.2 Å². The number of carboxylic acids is 1. The molecule has 3 rings (SSSR count). The highest BCUT2D eigenvalue weighted by Crippen LogP contribution is 2.33. The zero-order valence-corrected chi connectivity index (χ0v) is 31.8. The minimum absolute atomic E-state index is 0.0979. The van der Waals surface area contributed by atoms with Crippen LogP contribution >= 0.6 is 0 Å². The van der Waals surface area contributed by atoms with Gasteiger partial charge in [0.2, 0.25) is 11.6 Å². The molecule has 6 N–H and O–H groups in total. The van der Waals surface area contributed by atoms with Gasteiger partial charge in [-0.2, -0.15) is 13.2 Å². The van der Waals surface area contributed by atoms with Gasteiger partial charge in [-0.15, -0.1) is 0 Å². The van der Waals surface area contributed by atoms with Crippen molar-refractivity contribution in [2.24, 2.45) is 23.3 Å². The molecule has 0 radical (unpaired) electrons. The fraction of sp³-hybridized carbons (Fsp3) is 0.568. The first-order valence-corrected chi connectivity index (χ1v) is 17.6. The second kappa shape index (κ2) is 21.3. The van der Waals surface area contributed by atoms with Crippen LogP contribution in [0.5, 0.6) is 0 Å². The number of ketones is 2. The SMILES string of the molecule is CO[C@H]1/C=C\C=C(/C)C(=O)NC2=CC(=O)C(N3CCC3)=C(C[C@@H](C)C[C@H](OC)[C@H](OC(=O)CCCN)[C@@H](C)/C=C(\C)[C@@H]1OC(N)=O)C2=O.O=C(O)C(F)(F)F. The van der Waals surface area contributed by atoms with Crippen LogP contribution in [0.1, 0.15) is 59.8 Å². The Labute approximate surface area is 317 Å². The third kappa shape index (κ3) is 13.8. The van der Waals surface area contributed by atoms with Gasteiger partial charge in [0.25, 0.3) is 5.91 Å². The molecule has 1 aliphatic carbocycles. The van der Waals surface area contributed by atoms with E-state index in [1.807, 2.05) is 24.8 Å². The molecule has 1 fully saturated rings. The molecular formula is C37H51F3N4O11. The molecule has 0 saturated carbocycles. The van der Waals surface area contributed by atoms with E-state index >= 15 is 0 Å². The van der Waals surface area contributed by atoms with Crippen LogP contribution in [0.15, 0.2) is 58.5 Å². The van der Waals surface area contributed by atoms with Crippen molar-refractivity contribution in [1.29, 1.82) is 0 Å². The Kier molecular flexibility index (Phi) is 18.0. The van der Waals surface area contributed by atoms with Crippen molar-refractivity contribution in [3.63, 3.8) is 0 Å². The molecule has 0 aromatic carbocycles. The molecule has 2 bridgehead atoms. The molecule has 0 spiro atoms. The predicted octanol–water partition coefficient (Wildman–Crippen LogP) is 3.39. The molecule has 0 aromatic rings. The van der Waals surface area contributed by atoms with E-state index in [4.69, 9.17) is 40.3 Å². The third-order valence-corrected chi connectivity index (χ3v) is 9.00. The molecule has 3 aliphatic rings. The molecule has 1 saturated heterocycles. The normalized spacial score (nSPS) is 28.1. The Bertz CT molecular complexity index is 1600. The number of ether oxygens (including phenoxy) is 4. The lowest BCUT2D eigenvalue weighted by molar-refractivity contribution is -0.192. The Hall–Kier alpha value is -4.81. The number of fused-ring (bicyclic) bond motifs is 2. The summed E-state index contributed by atoms with van der Waals surface area (Å²) < 4.78 is 54.8. The van der Waals surface area contributed by atoms with Crippen LogP contribution in [0.25, 0.3) is 0 Å². The van der Waals surface area contributed by atoms with Crippen molar-refractivity contribution in [3.05, 3.63) is 58.5 Å². The Morgan fingerprint density at radius 1 is 1.05 bits per heavy atom. The topological polar surface area (TPSA) is 227 Å². The van der Waals surface area contributed by atoms with Crippen molar-refractivity contribution in [2.45, 2.75) is 90.4 Å². The summed E-state index contributed by atoms with van der Waals surface area (Å²) in [6.45, 7) is 8.74. The highest BCUT2D eigenvalue weighted by Gasteiger charge is 2.39. The quantitative estimate of drug-likeness (QED) is 0.158. The molecule has 2 amide bonds. The van der Waals surface area contributed by atoms with Gasteiger partial charge in [-0.05, 0) is 57.6 Å². The lowest BCUT2D eigenvalue weighted by Gasteiger charge is -2.37.